The van der Waals surface area contributed by atoms with Gasteiger partial charge in [-0.2, -0.15) is 13.2 Å². The van der Waals surface area contributed by atoms with E-state index in [1.165, 1.54) is 48.5 Å². The third-order valence-electron chi connectivity index (χ3n) is 5.32. The summed E-state index contributed by atoms with van der Waals surface area (Å²) in [6.07, 6.45) is -3.33. The van der Waals surface area contributed by atoms with E-state index in [0.29, 0.717) is 35.0 Å². The summed E-state index contributed by atoms with van der Waals surface area (Å²) in [6.45, 7) is -0.0810. The lowest BCUT2D eigenvalue weighted by Gasteiger charge is -2.12. The molecule has 4 rings (SSSR count). The summed E-state index contributed by atoms with van der Waals surface area (Å²) in [6, 6.07) is 11.7. The number of thioether (sulfide) groups is 1. The maximum atomic E-state index is 12.9. The lowest BCUT2D eigenvalue weighted by molar-refractivity contribution is -0.385. The molecule has 3 aromatic rings. The fourth-order valence-electron chi connectivity index (χ4n) is 3.42. The summed E-state index contributed by atoms with van der Waals surface area (Å²) in [5, 5.41) is 21.6. The van der Waals surface area contributed by atoms with E-state index < -0.39 is 44.2 Å². The van der Waals surface area contributed by atoms with Gasteiger partial charge in [0.2, 0.25) is 5.75 Å². The van der Waals surface area contributed by atoms with Gasteiger partial charge in [-0.15, -0.1) is 0 Å². The first-order valence-corrected chi connectivity index (χ1v) is 12.3. The lowest BCUT2D eigenvalue weighted by Crippen LogP contribution is -2.27. The van der Waals surface area contributed by atoms with Crippen molar-refractivity contribution in [3.05, 3.63) is 107 Å². The molecule has 0 aromatic heterocycles. The number of nitro benzene ring substituents is 2. The van der Waals surface area contributed by atoms with Crippen molar-refractivity contribution < 1.29 is 37.3 Å². The smallest absolute Gasteiger partial charge is 0.416 e. The van der Waals surface area contributed by atoms with Gasteiger partial charge in [0.1, 0.15) is 5.75 Å². The minimum absolute atomic E-state index is 0.0567. The van der Waals surface area contributed by atoms with Crippen LogP contribution in [0.1, 0.15) is 16.7 Å². The molecule has 0 atom stereocenters. The third-order valence-corrected chi connectivity index (χ3v) is 6.85. The maximum absolute atomic E-state index is 12.9. The fraction of sp³-hybridized carbons (Fsp3) is 0.0833. The summed E-state index contributed by atoms with van der Waals surface area (Å²) >= 11 is 3.94. The number of carbonyl (C=O) groups excluding carboxylic acids is 2. The van der Waals surface area contributed by atoms with E-state index in [4.69, 9.17) is 4.74 Å². The van der Waals surface area contributed by atoms with E-state index in [9.17, 15) is 43.0 Å². The van der Waals surface area contributed by atoms with Crippen molar-refractivity contribution in [2.45, 2.75) is 12.7 Å². The molecule has 3 aromatic carbocycles. The fourth-order valence-corrected chi connectivity index (χ4v) is 4.74. The zero-order chi connectivity index (χ0) is 28.5. The van der Waals surface area contributed by atoms with Gasteiger partial charge < -0.3 is 4.74 Å². The Kier molecular flexibility index (Phi) is 7.74. The second-order valence-corrected chi connectivity index (χ2v) is 9.77. The molecule has 1 aliphatic heterocycles. The predicted octanol–water partition coefficient (Wildman–Crippen LogP) is 7.31. The van der Waals surface area contributed by atoms with Crippen LogP contribution in [-0.2, 0) is 17.5 Å². The van der Waals surface area contributed by atoms with Crippen molar-refractivity contribution in [3.8, 4) is 11.5 Å². The van der Waals surface area contributed by atoms with Gasteiger partial charge in [0, 0.05) is 18.2 Å². The Morgan fingerprint density at radius 2 is 1.62 bits per heavy atom. The Bertz CT molecular complexity index is 1540. The van der Waals surface area contributed by atoms with Crippen LogP contribution in [0.15, 0.2) is 70.0 Å². The minimum Gasteiger partial charge on any atom is -0.449 e. The van der Waals surface area contributed by atoms with Crippen LogP contribution in [-0.4, -0.2) is 25.9 Å². The van der Waals surface area contributed by atoms with Crippen molar-refractivity contribution >= 4 is 56.3 Å². The van der Waals surface area contributed by atoms with Crippen LogP contribution in [0, 0.1) is 20.2 Å². The van der Waals surface area contributed by atoms with Crippen LogP contribution in [0.5, 0.6) is 11.5 Å². The molecule has 0 bridgehead atoms. The summed E-state index contributed by atoms with van der Waals surface area (Å²) < 4.78 is 44.6. The van der Waals surface area contributed by atoms with Gasteiger partial charge in [0.15, 0.2) is 0 Å². The SMILES string of the molecule is O=C1S/C(=C\c2ccc(Oc3ccc(C(F)(F)F)cc3[N+](=O)[O-])c(Br)c2)C(=O)N1Cc1ccc([N+](=O)[O-])cc1. The molecule has 0 aliphatic carbocycles. The molecule has 1 saturated heterocycles. The molecule has 200 valence electrons. The summed E-state index contributed by atoms with van der Waals surface area (Å²) in [5.41, 5.74) is -1.22. The van der Waals surface area contributed by atoms with Crippen LogP contribution >= 0.6 is 27.7 Å². The highest BCUT2D eigenvalue weighted by atomic mass is 79.9. The van der Waals surface area contributed by atoms with E-state index in [2.05, 4.69) is 15.9 Å². The monoisotopic (exact) mass is 623 g/mol. The summed E-state index contributed by atoms with van der Waals surface area (Å²) in [4.78, 5) is 46.9. The first kappa shape index (κ1) is 27.8. The molecular formula is C24H13BrF3N3O7S. The highest BCUT2D eigenvalue weighted by Gasteiger charge is 2.35. The molecule has 1 aliphatic rings. The van der Waals surface area contributed by atoms with E-state index in [1.807, 2.05) is 0 Å². The number of halogens is 4. The third kappa shape index (κ3) is 6.26. The first-order valence-electron chi connectivity index (χ1n) is 10.6. The molecule has 2 amide bonds. The van der Waals surface area contributed by atoms with Crippen LogP contribution in [0.2, 0.25) is 0 Å². The zero-order valence-electron chi connectivity index (χ0n) is 19.2. The average Bonchev–Trinajstić information content (AvgIpc) is 3.12. The lowest BCUT2D eigenvalue weighted by atomic mass is 10.1. The maximum Gasteiger partial charge on any atom is 0.416 e. The molecule has 0 spiro atoms. The Labute approximate surface area is 229 Å². The van der Waals surface area contributed by atoms with Gasteiger partial charge in [0.05, 0.1) is 31.3 Å². The first-order chi connectivity index (χ1) is 18.3. The van der Waals surface area contributed by atoms with E-state index in [-0.39, 0.29) is 27.4 Å². The van der Waals surface area contributed by atoms with Crippen LogP contribution in [0.25, 0.3) is 6.08 Å². The molecule has 0 saturated carbocycles. The van der Waals surface area contributed by atoms with E-state index in [1.54, 1.807) is 0 Å². The number of carbonyl (C=O) groups is 2. The Morgan fingerprint density at radius 1 is 0.949 bits per heavy atom. The zero-order valence-corrected chi connectivity index (χ0v) is 21.6. The molecular weight excluding hydrogens is 611 g/mol. The second-order valence-electron chi connectivity index (χ2n) is 7.92. The topological polar surface area (TPSA) is 133 Å². The number of nitro groups is 2. The van der Waals surface area contributed by atoms with Gasteiger partial charge in [0.25, 0.3) is 16.8 Å². The highest BCUT2D eigenvalue weighted by molar-refractivity contribution is 9.10. The molecule has 0 unspecified atom stereocenters. The number of non-ortho nitro benzene ring substituents is 1. The van der Waals surface area contributed by atoms with Crippen LogP contribution < -0.4 is 4.74 Å². The second kappa shape index (κ2) is 10.9. The van der Waals surface area contributed by atoms with Gasteiger partial charge >= 0.3 is 11.9 Å². The summed E-state index contributed by atoms with van der Waals surface area (Å²) in [7, 11) is 0. The van der Waals surface area contributed by atoms with Crippen LogP contribution in [0.4, 0.5) is 29.3 Å². The van der Waals surface area contributed by atoms with Gasteiger partial charge in [-0.3, -0.25) is 34.7 Å². The van der Waals surface area contributed by atoms with Gasteiger partial charge in [-0.25, -0.2) is 0 Å². The Hall–Kier alpha value is -4.24. The summed E-state index contributed by atoms with van der Waals surface area (Å²) in [5.74, 6) is -0.921. The van der Waals surface area contributed by atoms with E-state index >= 15 is 0 Å². The molecule has 0 N–H and O–H groups in total. The van der Waals surface area contributed by atoms with Crippen molar-refractivity contribution in [3.63, 3.8) is 0 Å². The number of hydrogen-bond donors (Lipinski definition) is 0. The van der Waals surface area contributed by atoms with Crippen LogP contribution in [0.3, 0.4) is 0 Å². The number of alkyl halides is 3. The number of ether oxygens (including phenoxy) is 1. The standard InChI is InChI=1S/C24H13BrF3N3O7S/c25-17-9-14(3-7-19(17)38-20-8-4-15(24(26,27)28)11-18(20)31(36)37)10-21-22(32)29(23(33)39-21)12-13-1-5-16(6-2-13)30(34)35/h1-11H,12H2/b21-10-. The Morgan fingerprint density at radius 3 is 2.21 bits per heavy atom. The number of rotatable bonds is 7. The predicted molar refractivity (Wildman–Crippen MR) is 137 cm³/mol. The molecule has 39 heavy (non-hydrogen) atoms. The van der Waals surface area contributed by atoms with Gasteiger partial charge in [-0.1, -0.05) is 18.2 Å². The number of amides is 2. The van der Waals surface area contributed by atoms with Crippen molar-refractivity contribution in [2.24, 2.45) is 0 Å². The molecule has 15 heteroatoms. The highest BCUT2D eigenvalue weighted by Crippen LogP contribution is 2.40. The van der Waals surface area contributed by atoms with Crippen molar-refractivity contribution in [2.75, 3.05) is 0 Å². The van der Waals surface area contributed by atoms with Crippen molar-refractivity contribution in [1.82, 2.24) is 4.90 Å². The average molecular weight is 624 g/mol. The molecule has 1 heterocycles. The normalized spacial score (nSPS) is 14.7. The number of hydrogen-bond acceptors (Lipinski definition) is 8. The number of benzene rings is 3. The molecule has 10 nitrogen and oxygen atoms in total. The number of imide groups is 1. The molecule has 1 fully saturated rings. The minimum atomic E-state index is -4.77. The van der Waals surface area contributed by atoms with E-state index in [0.717, 1.165) is 11.0 Å². The molecule has 0 radical (unpaired) electrons. The van der Waals surface area contributed by atoms with Gasteiger partial charge in [-0.05, 0) is 69.2 Å². The van der Waals surface area contributed by atoms with Crippen molar-refractivity contribution in [1.29, 1.82) is 0 Å². The Balaban J connectivity index is 1.52. The quantitative estimate of drug-likeness (QED) is 0.152. The number of nitrogens with zero attached hydrogens (tertiary/aromatic N) is 3. The largest absolute Gasteiger partial charge is 0.449 e.